The van der Waals surface area contributed by atoms with Gasteiger partial charge in [0.1, 0.15) is 0 Å². The average Bonchev–Trinajstić information content (AvgIpc) is 2.05. The van der Waals surface area contributed by atoms with E-state index < -0.39 is 0 Å². The minimum atomic E-state index is 0.258. The zero-order valence-corrected chi connectivity index (χ0v) is 6.41. The van der Waals surface area contributed by atoms with E-state index in [9.17, 15) is 3.89 Å². The van der Waals surface area contributed by atoms with Crippen molar-refractivity contribution in [1.29, 1.82) is 0 Å². The summed E-state index contributed by atoms with van der Waals surface area (Å²) in [5, 5.41) is 2.92. The molecule has 0 bridgehead atoms. The van der Waals surface area contributed by atoms with Gasteiger partial charge in [0.2, 0.25) is 0 Å². The van der Waals surface area contributed by atoms with Gasteiger partial charge in [0.25, 0.3) is 0 Å². The van der Waals surface area contributed by atoms with Gasteiger partial charge in [-0.25, -0.2) is 0 Å². The lowest BCUT2D eigenvalue weighted by molar-refractivity contribution is 0.934. The van der Waals surface area contributed by atoms with Crippen molar-refractivity contribution in [3.63, 3.8) is 0 Å². The Bertz CT molecular complexity index is 195. The highest BCUT2D eigenvalue weighted by molar-refractivity contribution is 7.94. The Kier molecular flexibility index (Phi) is 2.57. The normalized spacial score (nSPS) is 9.40. The first-order valence-electron chi connectivity index (χ1n) is 2.93. The molecule has 0 unspecified atom stereocenters. The molecule has 10 heavy (non-hydrogen) atoms. The Morgan fingerprint density at radius 3 is 2.90 bits per heavy atom. The fourth-order valence-corrected chi connectivity index (χ4v) is 1.00. The lowest BCUT2D eigenvalue weighted by Gasteiger charge is -1.98. The molecular formula is C7H8FNS. The number of anilines is 1. The Morgan fingerprint density at radius 1 is 1.50 bits per heavy atom. The van der Waals surface area contributed by atoms with Crippen LogP contribution in [0.4, 0.5) is 9.57 Å². The summed E-state index contributed by atoms with van der Waals surface area (Å²) in [6.07, 6.45) is 0. The standard InChI is InChI=1S/C7H8FNS/c1-9-6-3-2-4-7(5-6)10-8/h2-5,9H,1H3. The third-order valence-electron chi connectivity index (χ3n) is 1.21. The minimum absolute atomic E-state index is 0.258. The van der Waals surface area contributed by atoms with E-state index in [2.05, 4.69) is 5.32 Å². The van der Waals surface area contributed by atoms with Crippen molar-refractivity contribution in [2.75, 3.05) is 12.4 Å². The van der Waals surface area contributed by atoms with Crippen LogP contribution in [0.25, 0.3) is 0 Å². The highest BCUT2D eigenvalue weighted by Gasteiger charge is 1.92. The first-order valence-corrected chi connectivity index (χ1v) is 3.65. The SMILES string of the molecule is CNc1cccc(SF)c1. The Balaban J connectivity index is 2.87. The van der Waals surface area contributed by atoms with Crippen LogP contribution in [0.2, 0.25) is 0 Å². The maximum absolute atomic E-state index is 11.9. The molecule has 0 aliphatic rings. The molecule has 1 N–H and O–H groups in total. The maximum Gasteiger partial charge on any atom is 0.0812 e. The highest BCUT2D eigenvalue weighted by Crippen LogP contribution is 2.21. The van der Waals surface area contributed by atoms with Gasteiger partial charge in [0, 0.05) is 17.6 Å². The van der Waals surface area contributed by atoms with E-state index in [0.29, 0.717) is 4.90 Å². The van der Waals surface area contributed by atoms with Gasteiger partial charge in [-0.15, -0.1) is 0 Å². The van der Waals surface area contributed by atoms with Crippen LogP contribution in [0, 0.1) is 0 Å². The second kappa shape index (κ2) is 3.46. The van der Waals surface area contributed by atoms with Crippen LogP contribution in [-0.4, -0.2) is 7.05 Å². The van der Waals surface area contributed by atoms with Crippen molar-refractivity contribution >= 4 is 17.8 Å². The van der Waals surface area contributed by atoms with Gasteiger partial charge >= 0.3 is 0 Å². The van der Waals surface area contributed by atoms with Gasteiger partial charge in [0.15, 0.2) is 0 Å². The van der Waals surface area contributed by atoms with E-state index in [-0.39, 0.29) is 12.1 Å². The molecule has 0 radical (unpaired) electrons. The molecule has 1 nitrogen and oxygen atoms in total. The lowest BCUT2D eigenvalue weighted by atomic mass is 10.3. The van der Waals surface area contributed by atoms with Gasteiger partial charge in [-0.1, -0.05) is 6.07 Å². The van der Waals surface area contributed by atoms with Gasteiger partial charge in [-0.05, 0) is 18.2 Å². The van der Waals surface area contributed by atoms with Crippen molar-refractivity contribution in [1.82, 2.24) is 0 Å². The van der Waals surface area contributed by atoms with Crippen molar-refractivity contribution < 1.29 is 3.89 Å². The minimum Gasteiger partial charge on any atom is -0.388 e. The third kappa shape index (κ3) is 1.64. The van der Waals surface area contributed by atoms with Gasteiger partial charge in [-0.2, -0.15) is 3.89 Å². The van der Waals surface area contributed by atoms with E-state index in [1.54, 1.807) is 12.1 Å². The second-order valence-electron chi connectivity index (χ2n) is 1.85. The van der Waals surface area contributed by atoms with E-state index in [1.165, 1.54) is 0 Å². The van der Waals surface area contributed by atoms with Crippen molar-refractivity contribution in [3.8, 4) is 0 Å². The molecule has 1 aromatic carbocycles. The summed E-state index contributed by atoms with van der Waals surface area (Å²) < 4.78 is 11.9. The zero-order valence-electron chi connectivity index (χ0n) is 5.60. The molecular weight excluding hydrogens is 149 g/mol. The molecule has 0 atom stereocenters. The molecule has 3 heteroatoms. The first-order chi connectivity index (χ1) is 4.86. The molecule has 1 aromatic rings. The smallest absolute Gasteiger partial charge is 0.0812 e. The molecule has 0 fully saturated rings. The van der Waals surface area contributed by atoms with Crippen molar-refractivity contribution in [3.05, 3.63) is 24.3 Å². The zero-order chi connectivity index (χ0) is 7.40. The fraction of sp³-hybridized carbons (Fsp3) is 0.143. The predicted octanol–water partition coefficient (Wildman–Crippen LogP) is 2.70. The van der Waals surface area contributed by atoms with Gasteiger partial charge in [0.05, 0.1) is 12.1 Å². The molecule has 54 valence electrons. The van der Waals surface area contributed by atoms with Crippen LogP contribution in [0.3, 0.4) is 0 Å². The van der Waals surface area contributed by atoms with Crippen LogP contribution in [-0.2, 0) is 0 Å². The summed E-state index contributed by atoms with van der Waals surface area (Å²) in [6.45, 7) is 0. The number of benzene rings is 1. The van der Waals surface area contributed by atoms with E-state index in [1.807, 2.05) is 19.2 Å². The van der Waals surface area contributed by atoms with Gasteiger partial charge < -0.3 is 5.32 Å². The monoisotopic (exact) mass is 157 g/mol. The Hall–Kier alpha value is -0.700. The van der Waals surface area contributed by atoms with Crippen LogP contribution >= 0.6 is 12.1 Å². The van der Waals surface area contributed by atoms with E-state index in [4.69, 9.17) is 0 Å². The number of hydrogen-bond acceptors (Lipinski definition) is 2. The number of halogens is 1. The van der Waals surface area contributed by atoms with Crippen LogP contribution in [0.1, 0.15) is 0 Å². The molecule has 0 aliphatic heterocycles. The summed E-state index contributed by atoms with van der Waals surface area (Å²) in [6, 6.07) is 7.18. The van der Waals surface area contributed by atoms with Crippen molar-refractivity contribution in [2.45, 2.75) is 4.90 Å². The Morgan fingerprint density at radius 2 is 2.30 bits per heavy atom. The topological polar surface area (TPSA) is 12.0 Å². The molecule has 1 rings (SSSR count). The van der Waals surface area contributed by atoms with Crippen molar-refractivity contribution in [2.24, 2.45) is 0 Å². The molecule has 0 aliphatic carbocycles. The average molecular weight is 157 g/mol. The fourth-order valence-electron chi connectivity index (χ4n) is 0.700. The molecule has 0 saturated carbocycles. The molecule has 0 amide bonds. The van der Waals surface area contributed by atoms with E-state index in [0.717, 1.165) is 5.69 Å². The Labute approximate surface area is 63.9 Å². The largest absolute Gasteiger partial charge is 0.388 e. The maximum atomic E-state index is 11.9. The summed E-state index contributed by atoms with van der Waals surface area (Å²) >= 11 is 0.258. The molecule has 0 saturated heterocycles. The molecule has 0 spiro atoms. The summed E-state index contributed by atoms with van der Waals surface area (Å²) in [5.74, 6) is 0. The lowest BCUT2D eigenvalue weighted by Crippen LogP contribution is -1.85. The number of nitrogens with one attached hydrogen (secondary N) is 1. The van der Waals surface area contributed by atoms with Crippen LogP contribution < -0.4 is 5.32 Å². The van der Waals surface area contributed by atoms with Gasteiger partial charge in [-0.3, -0.25) is 0 Å². The van der Waals surface area contributed by atoms with Crippen LogP contribution in [0.15, 0.2) is 29.2 Å². The quantitative estimate of drug-likeness (QED) is 0.708. The third-order valence-corrected chi connectivity index (χ3v) is 1.64. The molecule has 0 aromatic heterocycles. The predicted molar refractivity (Wildman–Crippen MR) is 43.0 cm³/mol. The van der Waals surface area contributed by atoms with E-state index >= 15 is 0 Å². The summed E-state index contributed by atoms with van der Waals surface area (Å²) in [7, 11) is 1.81. The number of rotatable bonds is 2. The second-order valence-corrected chi connectivity index (χ2v) is 2.48. The molecule has 0 heterocycles. The van der Waals surface area contributed by atoms with Crippen LogP contribution in [0.5, 0.6) is 0 Å². The summed E-state index contributed by atoms with van der Waals surface area (Å²) in [4.78, 5) is 0.631. The highest BCUT2D eigenvalue weighted by atomic mass is 32.2. The summed E-state index contributed by atoms with van der Waals surface area (Å²) in [5.41, 5.74) is 0.933. The first kappa shape index (κ1) is 7.41. The number of hydrogen-bond donors (Lipinski definition) is 1.